The van der Waals surface area contributed by atoms with Crippen LogP contribution in [0.5, 0.6) is 0 Å². The van der Waals surface area contributed by atoms with Crippen LogP contribution >= 0.6 is 0 Å². The van der Waals surface area contributed by atoms with Gasteiger partial charge in [0, 0.05) is 67.6 Å². The molecule has 1 saturated heterocycles. The second kappa shape index (κ2) is 8.57. The van der Waals surface area contributed by atoms with Crippen molar-refractivity contribution in [3.63, 3.8) is 0 Å². The van der Waals surface area contributed by atoms with E-state index in [2.05, 4.69) is 29.0 Å². The van der Waals surface area contributed by atoms with Gasteiger partial charge in [-0.2, -0.15) is 0 Å². The van der Waals surface area contributed by atoms with Gasteiger partial charge in [0.15, 0.2) is 0 Å². The minimum Gasteiger partial charge on any atom is -0.353 e. The number of hydrogen-bond acceptors (Lipinski definition) is 4. The normalized spacial score (nSPS) is 14.3. The number of amides is 2. The lowest BCUT2D eigenvalue weighted by Crippen LogP contribution is -2.50. The van der Waals surface area contributed by atoms with E-state index in [4.69, 9.17) is 4.98 Å². The summed E-state index contributed by atoms with van der Waals surface area (Å²) in [5.41, 5.74) is 2.79. The summed E-state index contributed by atoms with van der Waals surface area (Å²) in [4.78, 5) is 26.1. The van der Waals surface area contributed by atoms with Gasteiger partial charge in [0.1, 0.15) is 11.6 Å². The highest BCUT2D eigenvalue weighted by Crippen LogP contribution is 2.20. The third kappa shape index (κ3) is 4.45. The number of nitrogens with one attached hydrogen (secondary N) is 1. The van der Waals surface area contributed by atoms with Crippen molar-refractivity contribution >= 4 is 17.5 Å². The lowest BCUT2D eigenvalue weighted by atomic mass is 10.2. The van der Waals surface area contributed by atoms with Crippen molar-refractivity contribution in [1.82, 2.24) is 19.4 Å². The molecule has 7 nitrogen and oxygen atoms in total. The van der Waals surface area contributed by atoms with Crippen LogP contribution in [-0.2, 0) is 0 Å². The topological polar surface area (TPSA) is 66.3 Å². The van der Waals surface area contributed by atoms with Gasteiger partial charge in [-0.25, -0.2) is 14.8 Å². The van der Waals surface area contributed by atoms with E-state index < -0.39 is 0 Å². The minimum absolute atomic E-state index is 0.0685. The van der Waals surface area contributed by atoms with E-state index in [1.165, 1.54) is 0 Å². The number of aryl methyl sites for hydroxylation is 1. The van der Waals surface area contributed by atoms with Crippen LogP contribution in [0.25, 0.3) is 5.69 Å². The summed E-state index contributed by atoms with van der Waals surface area (Å²) in [6, 6.07) is 13.8. The number of benzene rings is 1. The highest BCUT2D eigenvalue weighted by Gasteiger charge is 2.23. The van der Waals surface area contributed by atoms with Crippen molar-refractivity contribution in [3.8, 4) is 5.69 Å². The molecule has 1 aromatic carbocycles. The van der Waals surface area contributed by atoms with E-state index in [0.29, 0.717) is 13.1 Å². The maximum atomic E-state index is 12.8. The molecular formula is C23H28N6O. The third-order valence-corrected chi connectivity index (χ3v) is 5.27. The molecule has 0 unspecified atom stereocenters. The van der Waals surface area contributed by atoms with Crippen LogP contribution in [0.15, 0.2) is 54.9 Å². The van der Waals surface area contributed by atoms with E-state index >= 15 is 0 Å². The summed E-state index contributed by atoms with van der Waals surface area (Å²) in [6.07, 6.45) is 3.97. The minimum atomic E-state index is -0.0685. The molecule has 0 bridgehead atoms. The molecule has 0 radical (unpaired) electrons. The van der Waals surface area contributed by atoms with Crippen LogP contribution in [0.2, 0.25) is 0 Å². The number of anilines is 2. The lowest BCUT2D eigenvalue weighted by Gasteiger charge is -2.35. The molecule has 1 N–H and O–H groups in total. The van der Waals surface area contributed by atoms with Crippen molar-refractivity contribution in [2.75, 3.05) is 36.4 Å². The van der Waals surface area contributed by atoms with E-state index in [9.17, 15) is 4.79 Å². The number of hydrogen-bond donors (Lipinski definition) is 1. The number of rotatable bonds is 4. The predicted molar refractivity (Wildman–Crippen MR) is 119 cm³/mol. The van der Waals surface area contributed by atoms with Crippen molar-refractivity contribution < 1.29 is 4.79 Å². The molecule has 4 rings (SSSR count). The molecule has 3 heterocycles. The first kappa shape index (κ1) is 19.9. The summed E-state index contributed by atoms with van der Waals surface area (Å²) < 4.78 is 2.02. The molecule has 0 aliphatic carbocycles. The van der Waals surface area contributed by atoms with Gasteiger partial charge in [-0.3, -0.25) is 0 Å². The Bertz CT molecular complexity index is 1010. The Balaban J connectivity index is 1.38. The van der Waals surface area contributed by atoms with Crippen LogP contribution in [0.1, 0.15) is 31.3 Å². The van der Waals surface area contributed by atoms with E-state index in [1.807, 2.05) is 71.2 Å². The number of urea groups is 1. The zero-order valence-electron chi connectivity index (χ0n) is 17.7. The number of carbonyl (C=O) groups excluding carboxylic acids is 1. The van der Waals surface area contributed by atoms with Gasteiger partial charge in [-0.05, 0) is 37.3 Å². The number of aromatic nitrogens is 3. The molecule has 30 heavy (non-hydrogen) atoms. The van der Waals surface area contributed by atoms with E-state index in [1.54, 1.807) is 0 Å². The largest absolute Gasteiger partial charge is 0.353 e. The van der Waals surface area contributed by atoms with E-state index in [0.717, 1.165) is 41.8 Å². The van der Waals surface area contributed by atoms with Crippen LogP contribution in [0, 0.1) is 6.92 Å². The molecular weight excluding hydrogens is 376 g/mol. The van der Waals surface area contributed by atoms with Crippen LogP contribution < -0.4 is 10.2 Å². The molecule has 0 atom stereocenters. The Morgan fingerprint density at radius 1 is 1.00 bits per heavy atom. The van der Waals surface area contributed by atoms with Gasteiger partial charge in [0.2, 0.25) is 0 Å². The molecule has 1 aliphatic heterocycles. The van der Waals surface area contributed by atoms with Gasteiger partial charge in [0.05, 0.1) is 0 Å². The van der Waals surface area contributed by atoms with Crippen molar-refractivity contribution in [3.05, 3.63) is 66.4 Å². The van der Waals surface area contributed by atoms with Gasteiger partial charge >= 0.3 is 6.03 Å². The maximum absolute atomic E-state index is 12.8. The zero-order valence-corrected chi connectivity index (χ0v) is 17.7. The number of carbonyl (C=O) groups is 1. The molecule has 3 aromatic rings. The summed E-state index contributed by atoms with van der Waals surface area (Å²) in [5.74, 6) is 2.11. The molecule has 1 fully saturated rings. The fourth-order valence-corrected chi connectivity index (χ4v) is 3.59. The number of piperazine rings is 1. The van der Waals surface area contributed by atoms with Crippen LogP contribution in [-0.4, -0.2) is 51.6 Å². The fraction of sp³-hybridized carbons (Fsp3) is 0.348. The van der Waals surface area contributed by atoms with E-state index in [-0.39, 0.29) is 11.9 Å². The molecule has 1 aliphatic rings. The molecule has 0 saturated carbocycles. The molecule has 0 spiro atoms. The predicted octanol–water partition coefficient (Wildman–Crippen LogP) is 4.05. The average molecular weight is 405 g/mol. The Labute approximate surface area is 177 Å². The maximum Gasteiger partial charge on any atom is 0.321 e. The van der Waals surface area contributed by atoms with Crippen LogP contribution in [0.4, 0.5) is 16.3 Å². The van der Waals surface area contributed by atoms with Gasteiger partial charge < -0.3 is 19.7 Å². The standard InChI is InChI=1S/C23H28N6O/c1-17(2)22-24-18(3)15-21(26-22)28-11-13-29(14-12-28)23(30)25-19-7-6-8-20(16-19)27-9-4-5-10-27/h4-10,15-17H,11-14H2,1-3H3,(H,25,30). The second-order valence-corrected chi connectivity index (χ2v) is 7.93. The molecule has 2 aromatic heterocycles. The first-order valence-electron chi connectivity index (χ1n) is 10.4. The third-order valence-electron chi connectivity index (χ3n) is 5.27. The molecule has 2 amide bonds. The second-order valence-electron chi connectivity index (χ2n) is 7.93. The van der Waals surface area contributed by atoms with Gasteiger partial charge in [-0.15, -0.1) is 0 Å². The van der Waals surface area contributed by atoms with Crippen molar-refractivity contribution in [2.45, 2.75) is 26.7 Å². The lowest BCUT2D eigenvalue weighted by molar-refractivity contribution is 0.208. The Morgan fingerprint density at radius 2 is 1.73 bits per heavy atom. The quantitative estimate of drug-likeness (QED) is 0.712. The summed E-state index contributed by atoms with van der Waals surface area (Å²) >= 11 is 0. The van der Waals surface area contributed by atoms with Gasteiger partial charge in [-0.1, -0.05) is 19.9 Å². The smallest absolute Gasteiger partial charge is 0.321 e. The number of nitrogens with zero attached hydrogens (tertiary/aromatic N) is 5. The Kier molecular flexibility index (Phi) is 5.70. The molecule has 156 valence electrons. The van der Waals surface area contributed by atoms with Crippen molar-refractivity contribution in [1.29, 1.82) is 0 Å². The fourth-order valence-electron chi connectivity index (χ4n) is 3.59. The highest BCUT2D eigenvalue weighted by atomic mass is 16.2. The highest BCUT2D eigenvalue weighted by molar-refractivity contribution is 5.89. The summed E-state index contributed by atoms with van der Waals surface area (Å²) in [6.45, 7) is 9.03. The molecule has 7 heteroatoms. The first-order valence-corrected chi connectivity index (χ1v) is 10.4. The zero-order chi connectivity index (χ0) is 21.1. The summed E-state index contributed by atoms with van der Waals surface area (Å²) in [7, 11) is 0. The average Bonchev–Trinajstić information content (AvgIpc) is 3.28. The van der Waals surface area contributed by atoms with Crippen molar-refractivity contribution in [2.24, 2.45) is 0 Å². The monoisotopic (exact) mass is 404 g/mol. The first-order chi connectivity index (χ1) is 14.5. The Morgan fingerprint density at radius 3 is 2.43 bits per heavy atom. The van der Waals surface area contributed by atoms with Crippen LogP contribution in [0.3, 0.4) is 0 Å². The Hall–Kier alpha value is -3.35. The summed E-state index contributed by atoms with van der Waals surface area (Å²) in [5, 5.41) is 3.03. The SMILES string of the molecule is Cc1cc(N2CCN(C(=O)Nc3cccc(-n4cccc4)c3)CC2)nc(C(C)C)n1. The van der Waals surface area contributed by atoms with Gasteiger partial charge in [0.25, 0.3) is 0 Å².